The molecule has 0 aliphatic carbocycles. The Kier molecular flexibility index (Phi) is 5.84. The molecule has 0 bridgehead atoms. The standard InChI is InChI=1S/C27H26N5O2/c1-17-4-3-5-23(29-17)24-16-21-10-13-28-27(34)25(21)26(31-24)30-22-8-6-19(7-9-22)20-11-14-32(15-12-20)18(2)33/h3-10,13,16,20H,11-12,14-15H2,1-2H3,(H,30,31). The largest absolute Gasteiger partial charge is 0.343 e. The highest BCUT2D eigenvalue weighted by atomic mass is 16.2. The lowest BCUT2D eigenvalue weighted by Crippen LogP contribution is -2.36. The van der Waals surface area contributed by atoms with Gasteiger partial charge < -0.3 is 10.2 Å². The van der Waals surface area contributed by atoms with Gasteiger partial charge in [0.1, 0.15) is 5.82 Å². The third kappa shape index (κ3) is 4.41. The zero-order chi connectivity index (χ0) is 23.7. The van der Waals surface area contributed by atoms with Crippen LogP contribution in [0.15, 0.2) is 54.7 Å². The summed E-state index contributed by atoms with van der Waals surface area (Å²) < 4.78 is 0. The van der Waals surface area contributed by atoms with Gasteiger partial charge in [-0.3, -0.25) is 14.6 Å². The fourth-order valence-corrected chi connectivity index (χ4v) is 4.58. The van der Waals surface area contributed by atoms with Crippen molar-refractivity contribution in [1.82, 2.24) is 20.2 Å². The summed E-state index contributed by atoms with van der Waals surface area (Å²) in [7, 11) is 0. The minimum Gasteiger partial charge on any atom is -0.343 e. The molecule has 7 heteroatoms. The van der Waals surface area contributed by atoms with Gasteiger partial charge in [-0.1, -0.05) is 18.2 Å². The van der Waals surface area contributed by atoms with E-state index in [1.807, 2.05) is 54.3 Å². The summed E-state index contributed by atoms with van der Waals surface area (Å²) >= 11 is 0. The number of benzene rings is 1. The molecule has 4 heterocycles. The molecule has 2 amide bonds. The second-order valence-corrected chi connectivity index (χ2v) is 8.76. The average Bonchev–Trinajstić information content (AvgIpc) is 2.84. The van der Waals surface area contributed by atoms with Gasteiger partial charge in [-0.15, -0.1) is 0 Å². The normalized spacial score (nSPS) is 15.6. The van der Waals surface area contributed by atoms with Crippen LogP contribution in [0.5, 0.6) is 0 Å². The van der Waals surface area contributed by atoms with Crippen LogP contribution in [0.2, 0.25) is 0 Å². The molecular formula is C27H26N5O2. The smallest absolute Gasteiger partial charge is 0.281 e. The summed E-state index contributed by atoms with van der Waals surface area (Å²) in [5.74, 6) is 0.742. The number of nitrogens with zero attached hydrogens (tertiary/aromatic N) is 4. The number of aryl methyl sites for hydroxylation is 1. The van der Waals surface area contributed by atoms with Crippen LogP contribution in [0.1, 0.15) is 52.9 Å². The molecule has 2 aliphatic heterocycles. The molecule has 0 atom stereocenters. The van der Waals surface area contributed by atoms with E-state index in [4.69, 9.17) is 4.98 Å². The number of fused-ring (bicyclic) bond motifs is 1. The molecule has 2 aromatic heterocycles. The van der Waals surface area contributed by atoms with E-state index in [2.05, 4.69) is 27.8 Å². The van der Waals surface area contributed by atoms with Crippen molar-refractivity contribution in [2.24, 2.45) is 0 Å². The van der Waals surface area contributed by atoms with Gasteiger partial charge in [-0.05, 0) is 73.2 Å². The predicted molar refractivity (Wildman–Crippen MR) is 132 cm³/mol. The Balaban J connectivity index is 1.42. The van der Waals surface area contributed by atoms with Crippen molar-refractivity contribution in [3.8, 4) is 11.4 Å². The van der Waals surface area contributed by atoms with Crippen LogP contribution in [-0.2, 0) is 4.79 Å². The number of hydrogen-bond donors (Lipinski definition) is 1. The summed E-state index contributed by atoms with van der Waals surface area (Å²) in [5, 5.41) is 7.27. The first-order valence-electron chi connectivity index (χ1n) is 11.5. The van der Waals surface area contributed by atoms with Gasteiger partial charge in [0.2, 0.25) is 5.91 Å². The highest BCUT2D eigenvalue weighted by molar-refractivity contribution is 6.05. The number of likely N-dealkylation sites (tertiary alicyclic amines) is 1. The Morgan fingerprint density at radius 2 is 1.79 bits per heavy atom. The number of anilines is 2. The average molecular weight is 453 g/mol. The van der Waals surface area contributed by atoms with Gasteiger partial charge >= 0.3 is 0 Å². The van der Waals surface area contributed by atoms with Crippen LogP contribution in [-0.4, -0.2) is 39.8 Å². The molecule has 7 nitrogen and oxygen atoms in total. The highest BCUT2D eigenvalue weighted by Gasteiger charge is 2.24. The number of hydrogen-bond acceptors (Lipinski definition) is 5. The predicted octanol–water partition coefficient (Wildman–Crippen LogP) is 4.65. The van der Waals surface area contributed by atoms with E-state index < -0.39 is 0 Å². The lowest BCUT2D eigenvalue weighted by molar-refractivity contribution is -0.129. The van der Waals surface area contributed by atoms with Crippen LogP contribution in [0, 0.1) is 6.92 Å². The summed E-state index contributed by atoms with van der Waals surface area (Å²) in [6.45, 7) is 5.17. The molecular weight excluding hydrogens is 426 g/mol. The Labute approximate surface area is 198 Å². The van der Waals surface area contributed by atoms with Gasteiger partial charge in [0.25, 0.3) is 5.91 Å². The quantitative estimate of drug-likeness (QED) is 0.622. The molecule has 3 aromatic rings. The monoisotopic (exact) mass is 452 g/mol. The van der Waals surface area contributed by atoms with Gasteiger partial charge in [0.05, 0.1) is 17.0 Å². The zero-order valence-electron chi connectivity index (χ0n) is 19.3. The first kappa shape index (κ1) is 21.8. The number of nitrogens with one attached hydrogen (secondary N) is 1. The summed E-state index contributed by atoms with van der Waals surface area (Å²) in [6.07, 6.45) is 5.28. The lowest BCUT2D eigenvalue weighted by atomic mass is 9.89. The Hall–Kier alpha value is -4.00. The Morgan fingerprint density at radius 1 is 1.03 bits per heavy atom. The molecule has 1 fully saturated rings. The van der Waals surface area contributed by atoms with E-state index in [0.717, 1.165) is 48.6 Å². The van der Waals surface area contributed by atoms with Crippen LogP contribution in [0.3, 0.4) is 0 Å². The van der Waals surface area contributed by atoms with E-state index in [1.165, 1.54) is 11.8 Å². The van der Waals surface area contributed by atoms with E-state index in [-0.39, 0.29) is 11.8 Å². The van der Waals surface area contributed by atoms with Crippen LogP contribution in [0.25, 0.3) is 17.5 Å². The Morgan fingerprint density at radius 3 is 2.50 bits per heavy atom. The molecule has 1 radical (unpaired) electrons. The van der Waals surface area contributed by atoms with Crippen molar-refractivity contribution in [2.45, 2.75) is 32.6 Å². The molecule has 1 N–H and O–H groups in total. The van der Waals surface area contributed by atoms with Crippen LogP contribution in [0.4, 0.5) is 11.5 Å². The number of pyridine rings is 2. The molecule has 171 valence electrons. The number of carbonyl (C=O) groups is 2. The number of aromatic nitrogens is 2. The molecule has 5 rings (SSSR count). The maximum Gasteiger partial charge on any atom is 0.281 e. The van der Waals surface area contributed by atoms with Crippen molar-refractivity contribution in [1.29, 1.82) is 0 Å². The molecule has 2 aliphatic rings. The third-order valence-corrected chi connectivity index (χ3v) is 6.45. The fraction of sp³-hybridized carbons (Fsp3) is 0.259. The van der Waals surface area contributed by atoms with E-state index >= 15 is 0 Å². The number of rotatable bonds is 4. The second-order valence-electron chi connectivity index (χ2n) is 8.76. The summed E-state index contributed by atoms with van der Waals surface area (Å²) in [4.78, 5) is 35.4. The summed E-state index contributed by atoms with van der Waals surface area (Å²) in [6, 6.07) is 15.9. The van der Waals surface area contributed by atoms with Crippen molar-refractivity contribution >= 4 is 29.4 Å². The van der Waals surface area contributed by atoms with Crippen molar-refractivity contribution in [3.05, 3.63) is 77.1 Å². The molecule has 1 aromatic carbocycles. The van der Waals surface area contributed by atoms with Crippen molar-refractivity contribution in [3.63, 3.8) is 0 Å². The lowest BCUT2D eigenvalue weighted by Gasteiger charge is -2.31. The maximum absolute atomic E-state index is 12.6. The second kappa shape index (κ2) is 9.09. The van der Waals surface area contributed by atoms with E-state index in [1.54, 1.807) is 6.92 Å². The fourth-order valence-electron chi connectivity index (χ4n) is 4.58. The van der Waals surface area contributed by atoms with E-state index in [9.17, 15) is 9.59 Å². The van der Waals surface area contributed by atoms with Gasteiger partial charge in [-0.25, -0.2) is 10.3 Å². The minimum absolute atomic E-state index is 0.146. The number of piperidine rings is 1. The van der Waals surface area contributed by atoms with Crippen LogP contribution >= 0.6 is 0 Å². The molecule has 34 heavy (non-hydrogen) atoms. The molecule has 0 saturated carbocycles. The zero-order valence-corrected chi connectivity index (χ0v) is 19.3. The third-order valence-electron chi connectivity index (χ3n) is 6.45. The Bertz CT molecular complexity index is 1270. The maximum atomic E-state index is 12.6. The van der Waals surface area contributed by atoms with Crippen molar-refractivity contribution < 1.29 is 9.59 Å². The number of carbonyl (C=O) groups excluding carboxylic acids is 2. The van der Waals surface area contributed by atoms with Crippen molar-refractivity contribution in [2.75, 3.05) is 18.4 Å². The van der Waals surface area contributed by atoms with Crippen LogP contribution < -0.4 is 10.6 Å². The molecule has 0 spiro atoms. The van der Waals surface area contributed by atoms with Gasteiger partial charge in [-0.2, -0.15) is 0 Å². The first-order valence-corrected chi connectivity index (χ1v) is 11.5. The first-order chi connectivity index (χ1) is 16.5. The SMILES string of the molecule is CC(=O)N1CCC(c2ccc(Nc3nc(-c4cccc(C)n4)cc4c3C(=O)[N]C=C4)cc2)CC1. The molecule has 0 unspecified atom stereocenters. The van der Waals surface area contributed by atoms with E-state index in [0.29, 0.717) is 23.0 Å². The number of amides is 2. The molecule has 1 saturated heterocycles. The summed E-state index contributed by atoms with van der Waals surface area (Å²) in [5.41, 5.74) is 5.67. The topological polar surface area (TPSA) is 89.3 Å². The van der Waals surface area contributed by atoms with Gasteiger partial charge in [0.15, 0.2) is 0 Å². The van der Waals surface area contributed by atoms with Gasteiger partial charge in [0, 0.05) is 37.6 Å². The highest BCUT2D eigenvalue weighted by Crippen LogP contribution is 2.32. The minimum atomic E-state index is -0.315.